The van der Waals surface area contributed by atoms with E-state index in [1.165, 1.54) is 5.56 Å². The molecule has 1 N–H and O–H groups in total. The average molecular weight is 279 g/mol. The summed E-state index contributed by atoms with van der Waals surface area (Å²) in [7, 11) is 1.73. The summed E-state index contributed by atoms with van der Waals surface area (Å²) in [5, 5.41) is 3.48. The van der Waals surface area contributed by atoms with Gasteiger partial charge in [-0.15, -0.1) is 0 Å². The van der Waals surface area contributed by atoms with E-state index in [1.807, 2.05) is 12.1 Å². The van der Waals surface area contributed by atoms with Gasteiger partial charge in [0.25, 0.3) is 0 Å². The van der Waals surface area contributed by atoms with Gasteiger partial charge in [-0.1, -0.05) is 12.1 Å². The summed E-state index contributed by atoms with van der Waals surface area (Å²) in [6.45, 7) is 9.16. The monoisotopic (exact) mass is 279 g/mol. The largest absolute Gasteiger partial charge is 0.494 e. The first-order valence-electron chi connectivity index (χ1n) is 7.47. The van der Waals surface area contributed by atoms with Gasteiger partial charge in [-0.25, -0.2) is 0 Å². The first-order valence-corrected chi connectivity index (χ1v) is 7.47. The lowest BCUT2D eigenvalue weighted by Crippen LogP contribution is -2.36. The maximum atomic E-state index is 5.74. The Morgan fingerprint density at radius 2 is 1.70 bits per heavy atom. The van der Waals surface area contributed by atoms with Crippen molar-refractivity contribution in [3.05, 3.63) is 29.8 Å². The third-order valence-electron chi connectivity index (χ3n) is 3.01. The fourth-order valence-electron chi connectivity index (χ4n) is 1.85. The number of methoxy groups -OCH3 is 1. The van der Waals surface area contributed by atoms with Crippen LogP contribution in [-0.2, 0) is 11.2 Å². The summed E-state index contributed by atoms with van der Waals surface area (Å²) in [5.41, 5.74) is 1.49. The van der Waals surface area contributed by atoms with Crippen molar-refractivity contribution in [3.63, 3.8) is 0 Å². The van der Waals surface area contributed by atoms with Crippen LogP contribution in [0.3, 0.4) is 0 Å². The van der Waals surface area contributed by atoms with Gasteiger partial charge in [0.1, 0.15) is 5.75 Å². The van der Waals surface area contributed by atoms with Crippen molar-refractivity contribution in [1.82, 2.24) is 5.32 Å². The van der Waals surface area contributed by atoms with E-state index < -0.39 is 0 Å². The van der Waals surface area contributed by atoms with Gasteiger partial charge in [0.15, 0.2) is 0 Å². The van der Waals surface area contributed by atoms with Crippen LogP contribution in [0.25, 0.3) is 0 Å². The minimum Gasteiger partial charge on any atom is -0.494 e. The number of unbranched alkanes of at least 4 members (excludes halogenated alkanes) is 1. The highest BCUT2D eigenvalue weighted by atomic mass is 16.5. The van der Waals surface area contributed by atoms with Gasteiger partial charge in [0, 0.05) is 12.6 Å². The lowest BCUT2D eigenvalue weighted by Gasteiger charge is -2.20. The van der Waals surface area contributed by atoms with Crippen molar-refractivity contribution >= 4 is 0 Å². The van der Waals surface area contributed by atoms with Crippen LogP contribution in [0.15, 0.2) is 24.3 Å². The van der Waals surface area contributed by atoms with Crippen LogP contribution in [0.5, 0.6) is 5.75 Å². The second-order valence-corrected chi connectivity index (χ2v) is 6.12. The molecule has 1 rings (SSSR count). The van der Waals surface area contributed by atoms with Gasteiger partial charge in [0.2, 0.25) is 0 Å². The molecule has 0 saturated heterocycles. The summed E-state index contributed by atoms with van der Waals surface area (Å²) >= 11 is 0. The fourth-order valence-corrected chi connectivity index (χ4v) is 1.85. The highest BCUT2D eigenvalue weighted by Crippen LogP contribution is 2.13. The van der Waals surface area contributed by atoms with E-state index in [-0.39, 0.29) is 5.54 Å². The molecule has 0 aliphatic heterocycles. The second-order valence-electron chi connectivity index (χ2n) is 6.12. The van der Waals surface area contributed by atoms with Crippen LogP contribution in [0.4, 0.5) is 0 Å². The lowest BCUT2D eigenvalue weighted by molar-refractivity contribution is 0.202. The lowest BCUT2D eigenvalue weighted by atomic mass is 10.1. The molecule has 0 fully saturated rings. The summed E-state index contributed by atoms with van der Waals surface area (Å²) in [5.74, 6) is 0.954. The zero-order valence-corrected chi connectivity index (χ0v) is 13.4. The first kappa shape index (κ1) is 17.0. The van der Waals surface area contributed by atoms with Crippen molar-refractivity contribution in [3.8, 4) is 5.75 Å². The van der Waals surface area contributed by atoms with E-state index in [2.05, 4.69) is 38.2 Å². The van der Waals surface area contributed by atoms with Crippen LogP contribution >= 0.6 is 0 Å². The van der Waals surface area contributed by atoms with E-state index in [1.54, 1.807) is 7.11 Å². The Bertz CT molecular complexity index is 354. The average Bonchev–Trinajstić information content (AvgIpc) is 2.40. The van der Waals surface area contributed by atoms with Crippen LogP contribution < -0.4 is 10.1 Å². The van der Waals surface area contributed by atoms with Crippen LogP contribution in [-0.4, -0.2) is 32.4 Å². The van der Waals surface area contributed by atoms with Gasteiger partial charge in [-0.2, -0.15) is 0 Å². The number of ether oxygens (including phenoxy) is 2. The van der Waals surface area contributed by atoms with Crippen molar-refractivity contribution in [2.45, 2.75) is 45.6 Å². The van der Waals surface area contributed by atoms with E-state index in [0.29, 0.717) is 0 Å². The SMILES string of the molecule is COCCc1ccc(OCCCCNC(C)(C)C)cc1. The predicted molar refractivity (Wildman–Crippen MR) is 84.5 cm³/mol. The van der Waals surface area contributed by atoms with Gasteiger partial charge in [-0.05, 0) is 64.3 Å². The molecular formula is C17H29NO2. The Kier molecular flexibility index (Phi) is 7.63. The Hall–Kier alpha value is -1.06. The topological polar surface area (TPSA) is 30.5 Å². The quantitative estimate of drug-likeness (QED) is 0.703. The number of hydrogen-bond donors (Lipinski definition) is 1. The maximum Gasteiger partial charge on any atom is 0.119 e. The number of rotatable bonds is 9. The Morgan fingerprint density at radius 1 is 1.00 bits per heavy atom. The first-order chi connectivity index (χ1) is 9.51. The molecule has 0 aliphatic carbocycles. The molecule has 1 aromatic rings. The molecule has 3 heteroatoms. The maximum absolute atomic E-state index is 5.74. The van der Waals surface area contributed by atoms with Crippen molar-refractivity contribution in [2.75, 3.05) is 26.9 Å². The molecule has 0 unspecified atom stereocenters. The zero-order valence-electron chi connectivity index (χ0n) is 13.4. The minimum absolute atomic E-state index is 0.207. The number of nitrogens with one attached hydrogen (secondary N) is 1. The molecule has 0 radical (unpaired) electrons. The molecule has 114 valence electrons. The molecule has 3 nitrogen and oxygen atoms in total. The Morgan fingerprint density at radius 3 is 2.30 bits per heavy atom. The van der Waals surface area contributed by atoms with Crippen molar-refractivity contribution < 1.29 is 9.47 Å². The van der Waals surface area contributed by atoms with E-state index in [0.717, 1.165) is 44.8 Å². The molecule has 0 bridgehead atoms. The third kappa shape index (κ3) is 8.18. The minimum atomic E-state index is 0.207. The molecule has 0 heterocycles. The second kappa shape index (κ2) is 8.98. The summed E-state index contributed by atoms with van der Waals surface area (Å²) in [6, 6.07) is 8.29. The highest BCUT2D eigenvalue weighted by molar-refractivity contribution is 5.27. The summed E-state index contributed by atoms with van der Waals surface area (Å²) in [4.78, 5) is 0. The molecule has 0 atom stereocenters. The molecule has 0 aliphatic rings. The zero-order chi connectivity index (χ0) is 14.8. The molecule has 0 aromatic heterocycles. The standard InChI is InChI=1S/C17H29NO2/c1-17(2,3)18-12-5-6-13-20-16-9-7-15(8-10-16)11-14-19-4/h7-10,18H,5-6,11-14H2,1-4H3. The smallest absolute Gasteiger partial charge is 0.119 e. The van der Waals surface area contributed by atoms with Crippen LogP contribution in [0.1, 0.15) is 39.2 Å². The van der Waals surface area contributed by atoms with E-state index >= 15 is 0 Å². The van der Waals surface area contributed by atoms with Gasteiger partial charge in [0.05, 0.1) is 13.2 Å². The molecule has 0 spiro atoms. The highest BCUT2D eigenvalue weighted by Gasteiger charge is 2.06. The molecule has 0 saturated carbocycles. The van der Waals surface area contributed by atoms with Crippen LogP contribution in [0, 0.1) is 0 Å². The molecular weight excluding hydrogens is 250 g/mol. The number of hydrogen-bond acceptors (Lipinski definition) is 3. The van der Waals surface area contributed by atoms with E-state index in [4.69, 9.17) is 9.47 Å². The molecule has 20 heavy (non-hydrogen) atoms. The Balaban J connectivity index is 2.13. The normalized spacial score (nSPS) is 11.6. The Labute approximate surface area is 123 Å². The fraction of sp³-hybridized carbons (Fsp3) is 0.647. The van der Waals surface area contributed by atoms with Gasteiger partial charge >= 0.3 is 0 Å². The van der Waals surface area contributed by atoms with E-state index in [9.17, 15) is 0 Å². The molecule has 0 amide bonds. The molecule has 1 aromatic carbocycles. The van der Waals surface area contributed by atoms with Crippen molar-refractivity contribution in [2.24, 2.45) is 0 Å². The summed E-state index contributed by atoms with van der Waals surface area (Å²) < 4.78 is 10.8. The van der Waals surface area contributed by atoms with Gasteiger partial charge in [-0.3, -0.25) is 0 Å². The summed E-state index contributed by atoms with van der Waals surface area (Å²) in [6.07, 6.45) is 3.17. The predicted octanol–water partition coefficient (Wildman–Crippen LogP) is 3.42. The third-order valence-corrected chi connectivity index (χ3v) is 3.01. The van der Waals surface area contributed by atoms with Crippen molar-refractivity contribution in [1.29, 1.82) is 0 Å². The van der Waals surface area contributed by atoms with Crippen LogP contribution in [0.2, 0.25) is 0 Å². The van der Waals surface area contributed by atoms with Gasteiger partial charge < -0.3 is 14.8 Å². The number of benzene rings is 1.